The summed E-state index contributed by atoms with van der Waals surface area (Å²) in [5.74, 6) is 0. The maximum Gasteiger partial charge on any atom is 0.0772 e. The molecule has 0 amide bonds. The van der Waals surface area contributed by atoms with Gasteiger partial charge in [0.15, 0.2) is 0 Å². The maximum absolute atomic E-state index is 9.53. The number of ether oxygens (including phenoxy) is 1. The zero-order chi connectivity index (χ0) is 12.7. The predicted molar refractivity (Wildman–Crippen MR) is 68.8 cm³/mol. The van der Waals surface area contributed by atoms with E-state index in [2.05, 4.69) is 4.90 Å². The Kier molecular flexibility index (Phi) is 5.58. The standard InChI is InChI=1S/C13H22N2O2/c1-15(8-9-17-2)10-13(14,11-16)12-6-4-3-5-7-12/h3-7,16H,8-11,14H2,1-2H3. The number of likely N-dealkylation sites (N-methyl/N-ethyl adjacent to an activating group) is 1. The monoisotopic (exact) mass is 238 g/mol. The summed E-state index contributed by atoms with van der Waals surface area (Å²) in [6.07, 6.45) is 0. The van der Waals surface area contributed by atoms with Crippen molar-refractivity contribution in [1.82, 2.24) is 4.90 Å². The minimum atomic E-state index is -0.719. The zero-order valence-electron chi connectivity index (χ0n) is 10.6. The number of hydrogen-bond acceptors (Lipinski definition) is 4. The van der Waals surface area contributed by atoms with Crippen LogP contribution in [-0.2, 0) is 10.3 Å². The van der Waals surface area contributed by atoms with Crippen molar-refractivity contribution in [2.45, 2.75) is 5.54 Å². The van der Waals surface area contributed by atoms with Crippen molar-refractivity contribution >= 4 is 0 Å². The second kappa shape index (κ2) is 6.71. The van der Waals surface area contributed by atoms with Crippen LogP contribution in [0.4, 0.5) is 0 Å². The third-order valence-electron chi connectivity index (χ3n) is 2.86. The quantitative estimate of drug-likeness (QED) is 0.722. The molecule has 1 rings (SSSR count). The Morgan fingerprint density at radius 2 is 2.00 bits per heavy atom. The van der Waals surface area contributed by atoms with E-state index in [1.54, 1.807) is 7.11 Å². The molecule has 0 heterocycles. The molecule has 0 radical (unpaired) electrons. The van der Waals surface area contributed by atoms with Crippen LogP contribution in [-0.4, -0.2) is 50.5 Å². The molecule has 0 saturated heterocycles. The zero-order valence-corrected chi connectivity index (χ0v) is 10.6. The molecule has 0 bridgehead atoms. The fourth-order valence-corrected chi connectivity index (χ4v) is 1.81. The van der Waals surface area contributed by atoms with Gasteiger partial charge in [-0.25, -0.2) is 0 Å². The van der Waals surface area contributed by atoms with Crippen LogP contribution in [0.2, 0.25) is 0 Å². The summed E-state index contributed by atoms with van der Waals surface area (Å²) >= 11 is 0. The molecule has 0 aromatic heterocycles. The lowest BCUT2D eigenvalue weighted by molar-refractivity contribution is 0.119. The Morgan fingerprint density at radius 1 is 1.35 bits per heavy atom. The van der Waals surface area contributed by atoms with Crippen LogP contribution in [0, 0.1) is 0 Å². The number of aliphatic hydroxyl groups excluding tert-OH is 1. The third-order valence-corrected chi connectivity index (χ3v) is 2.86. The number of methoxy groups -OCH3 is 1. The van der Waals surface area contributed by atoms with Gasteiger partial charge in [0.1, 0.15) is 0 Å². The summed E-state index contributed by atoms with van der Waals surface area (Å²) in [6.45, 7) is 1.97. The van der Waals surface area contributed by atoms with Crippen LogP contribution < -0.4 is 5.73 Å². The smallest absolute Gasteiger partial charge is 0.0772 e. The largest absolute Gasteiger partial charge is 0.394 e. The number of rotatable bonds is 7. The lowest BCUT2D eigenvalue weighted by atomic mass is 9.91. The van der Waals surface area contributed by atoms with E-state index in [-0.39, 0.29) is 6.61 Å². The fourth-order valence-electron chi connectivity index (χ4n) is 1.81. The van der Waals surface area contributed by atoms with Gasteiger partial charge in [0.2, 0.25) is 0 Å². The highest BCUT2D eigenvalue weighted by Crippen LogP contribution is 2.18. The molecule has 4 heteroatoms. The van der Waals surface area contributed by atoms with Gasteiger partial charge < -0.3 is 20.5 Å². The van der Waals surface area contributed by atoms with Crippen molar-refractivity contribution < 1.29 is 9.84 Å². The van der Waals surface area contributed by atoms with Crippen molar-refractivity contribution in [3.05, 3.63) is 35.9 Å². The van der Waals surface area contributed by atoms with E-state index in [0.29, 0.717) is 13.2 Å². The van der Waals surface area contributed by atoms with Crippen LogP contribution in [0.15, 0.2) is 30.3 Å². The maximum atomic E-state index is 9.53. The van der Waals surface area contributed by atoms with Crippen LogP contribution in [0.5, 0.6) is 0 Å². The Labute approximate surface area is 103 Å². The molecule has 0 fully saturated rings. The summed E-state index contributed by atoms with van der Waals surface area (Å²) in [7, 11) is 3.64. The number of hydrogen-bond donors (Lipinski definition) is 2. The molecule has 3 N–H and O–H groups in total. The van der Waals surface area contributed by atoms with E-state index < -0.39 is 5.54 Å². The Balaban J connectivity index is 2.69. The molecule has 1 aromatic rings. The molecule has 1 aromatic carbocycles. The first kappa shape index (κ1) is 14.1. The van der Waals surface area contributed by atoms with E-state index in [1.807, 2.05) is 37.4 Å². The van der Waals surface area contributed by atoms with Gasteiger partial charge in [-0.05, 0) is 12.6 Å². The van der Waals surface area contributed by atoms with Crippen LogP contribution in [0.1, 0.15) is 5.56 Å². The Morgan fingerprint density at radius 3 is 2.53 bits per heavy atom. The van der Waals surface area contributed by atoms with Gasteiger partial charge >= 0.3 is 0 Å². The molecule has 17 heavy (non-hydrogen) atoms. The van der Waals surface area contributed by atoms with Crippen molar-refractivity contribution in [2.75, 3.05) is 40.5 Å². The van der Waals surface area contributed by atoms with E-state index in [1.165, 1.54) is 0 Å². The van der Waals surface area contributed by atoms with Gasteiger partial charge in [-0.1, -0.05) is 30.3 Å². The molecule has 1 unspecified atom stereocenters. The molecule has 0 aliphatic carbocycles. The van der Waals surface area contributed by atoms with Crippen LogP contribution >= 0.6 is 0 Å². The van der Waals surface area contributed by atoms with Gasteiger partial charge in [-0.15, -0.1) is 0 Å². The predicted octanol–water partition coefficient (Wildman–Crippen LogP) is 0.411. The summed E-state index contributed by atoms with van der Waals surface area (Å²) in [4.78, 5) is 2.06. The summed E-state index contributed by atoms with van der Waals surface area (Å²) in [5.41, 5.74) is 6.49. The van der Waals surface area contributed by atoms with Crippen LogP contribution in [0.3, 0.4) is 0 Å². The number of aliphatic hydroxyl groups is 1. The first-order valence-corrected chi connectivity index (χ1v) is 5.75. The van der Waals surface area contributed by atoms with Gasteiger partial charge in [-0.3, -0.25) is 0 Å². The van der Waals surface area contributed by atoms with Crippen molar-refractivity contribution in [3.63, 3.8) is 0 Å². The van der Waals surface area contributed by atoms with Crippen molar-refractivity contribution in [1.29, 1.82) is 0 Å². The third kappa shape index (κ3) is 4.09. The minimum absolute atomic E-state index is 0.0751. The second-order valence-corrected chi connectivity index (χ2v) is 4.41. The van der Waals surface area contributed by atoms with E-state index in [9.17, 15) is 5.11 Å². The SMILES string of the molecule is COCCN(C)CC(N)(CO)c1ccccc1. The Hall–Kier alpha value is -0.940. The van der Waals surface area contributed by atoms with Crippen molar-refractivity contribution in [3.8, 4) is 0 Å². The molecule has 1 atom stereocenters. The second-order valence-electron chi connectivity index (χ2n) is 4.41. The lowest BCUT2D eigenvalue weighted by Gasteiger charge is -2.32. The van der Waals surface area contributed by atoms with E-state index >= 15 is 0 Å². The van der Waals surface area contributed by atoms with E-state index in [4.69, 9.17) is 10.5 Å². The molecule has 0 aliphatic rings. The topological polar surface area (TPSA) is 58.7 Å². The molecule has 4 nitrogen and oxygen atoms in total. The molecule has 0 spiro atoms. The average molecular weight is 238 g/mol. The van der Waals surface area contributed by atoms with Gasteiger partial charge in [0.05, 0.1) is 18.8 Å². The fraction of sp³-hybridized carbons (Fsp3) is 0.538. The molecular weight excluding hydrogens is 216 g/mol. The molecular formula is C13H22N2O2. The van der Waals surface area contributed by atoms with Crippen LogP contribution in [0.25, 0.3) is 0 Å². The highest BCUT2D eigenvalue weighted by molar-refractivity contribution is 5.24. The highest BCUT2D eigenvalue weighted by Gasteiger charge is 2.27. The molecule has 96 valence electrons. The number of nitrogens with zero attached hydrogens (tertiary/aromatic N) is 1. The molecule has 0 aliphatic heterocycles. The van der Waals surface area contributed by atoms with Crippen molar-refractivity contribution in [2.24, 2.45) is 5.73 Å². The van der Waals surface area contributed by atoms with Gasteiger partial charge in [0.25, 0.3) is 0 Å². The first-order valence-electron chi connectivity index (χ1n) is 5.75. The summed E-state index contributed by atoms with van der Waals surface area (Å²) in [6, 6.07) is 9.69. The Bertz CT molecular complexity index is 318. The number of nitrogens with two attached hydrogens (primary N) is 1. The summed E-state index contributed by atoms with van der Waals surface area (Å²) < 4.78 is 5.02. The lowest BCUT2D eigenvalue weighted by Crippen LogP contribution is -2.50. The minimum Gasteiger partial charge on any atom is -0.394 e. The van der Waals surface area contributed by atoms with Gasteiger partial charge in [-0.2, -0.15) is 0 Å². The normalized spacial score (nSPS) is 14.9. The number of benzene rings is 1. The average Bonchev–Trinajstić information content (AvgIpc) is 2.37. The van der Waals surface area contributed by atoms with E-state index in [0.717, 1.165) is 12.1 Å². The summed E-state index contributed by atoms with van der Waals surface area (Å²) in [5, 5.41) is 9.53. The first-order chi connectivity index (χ1) is 8.12. The van der Waals surface area contributed by atoms with Gasteiger partial charge in [0, 0.05) is 20.2 Å². The highest BCUT2D eigenvalue weighted by atomic mass is 16.5. The molecule has 0 saturated carbocycles.